The number of nitrogens with one attached hydrogen (secondary N) is 1. The van der Waals surface area contributed by atoms with Gasteiger partial charge in [0.25, 0.3) is 27.2 Å². The number of benzene rings is 2. The number of thiocarbonyl (C=S) groups is 1. The van der Waals surface area contributed by atoms with Crippen molar-refractivity contribution >= 4 is 54.9 Å². The second-order valence-corrected chi connectivity index (χ2v) is 13.5. The highest BCUT2D eigenvalue weighted by molar-refractivity contribution is 7.90. The zero-order chi connectivity index (χ0) is 30.4. The molecule has 0 spiro atoms. The number of aryl methyl sites for hydroxylation is 2. The predicted molar refractivity (Wildman–Crippen MR) is 150 cm³/mol. The van der Waals surface area contributed by atoms with Crippen LogP contribution in [0.1, 0.15) is 30.5 Å². The van der Waals surface area contributed by atoms with Gasteiger partial charge in [-0.15, -0.1) is 4.40 Å². The molecule has 1 aromatic heterocycles. The van der Waals surface area contributed by atoms with Gasteiger partial charge in [-0.25, -0.2) is 18.2 Å². The Bertz CT molecular complexity index is 1840. The molecule has 1 unspecified atom stereocenters. The van der Waals surface area contributed by atoms with Crippen LogP contribution in [0.25, 0.3) is 0 Å². The van der Waals surface area contributed by atoms with Crippen LogP contribution in [0.2, 0.25) is 0 Å². The van der Waals surface area contributed by atoms with Crippen LogP contribution in [-0.2, 0) is 43.2 Å². The summed E-state index contributed by atoms with van der Waals surface area (Å²) in [6, 6.07) is 10.4. The van der Waals surface area contributed by atoms with Crippen molar-refractivity contribution in [3.8, 4) is 0 Å². The molecule has 0 radical (unpaired) electrons. The third-order valence-corrected chi connectivity index (χ3v) is 9.47. The number of hydrogen-bond donors (Lipinski definition) is 2. The molecule has 5 rings (SSSR count). The SMILES string of the molecule is Cc1ccc(S(=O)(=O)/N=c2\o[n-][n+](C)c2CN2C(=S)N(C3CC3)C(=O)C2CC(=O)Nc2ccc(S(N)(=O)=O)cc2)cc1. The van der Waals surface area contributed by atoms with Crippen molar-refractivity contribution in [1.29, 1.82) is 0 Å². The van der Waals surface area contributed by atoms with E-state index >= 15 is 0 Å². The molecule has 1 atom stereocenters. The molecule has 3 aromatic rings. The van der Waals surface area contributed by atoms with Gasteiger partial charge in [0.05, 0.1) is 16.2 Å². The molecule has 2 heterocycles. The first-order valence-electron chi connectivity index (χ1n) is 12.7. The number of carbonyl (C=O) groups is 2. The Morgan fingerprint density at radius 1 is 1.12 bits per heavy atom. The maximum Gasteiger partial charge on any atom is 0.289 e. The summed E-state index contributed by atoms with van der Waals surface area (Å²) in [6.07, 6.45) is 1.25. The minimum Gasteiger partial charge on any atom is -0.486 e. The highest BCUT2D eigenvalue weighted by Crippen LogP contribution is 2.34. The summed E-state index contributed by atoms with van der Waals surface area (Å²) < 4.78 is 59.3. The van der Waals surface area contributed by atoms with Gasteiger partial charge in [0.2, 0.25) is 15.9 Å². The minimum absolute atomic E-state index is 0.0310. The molecule has 1 saturated heterocycles. The van der Waals surface area contributed by atoms with Gasteiger partial charge in [-0.1, -0.05) is 17.7 Å². The summed E-state index contributed by atoms with van der Waals surface area (Å²) in [6.45, 7) is 1.71. The molecule has 14 nitrogen and oxygen atoms in total. The van der Waals surface area contributed by atoms with E-state index in [0.717, 1.165) is 18.4 Å². The average molecular weight is 634 g/mol. The second kappa shape index (κ2) is 11.0. The van der Waals surface area contributed by atoms with Crippen molar-refractivity contribution in [2.45, 2.75) is 54.6 Å². The van der Waals surface area contributed by atoms with Gasteiger partial charge in [-0.2, -0.15) is 8.42 Å². The maximum atomic E-state index is 13.5. The Hall–Kier alpha value is -3.93. The van der Waals surface area contributed by atoms with Gasteiger partial charge in [-0.3, -0.25) is 19.8 Å². The largest absolute Gasteiger partial charge is 0.486 e. The lowest BCUT2D eigenvalue weighted by Crippen LogP contribution is -2.45. The Morgan fingerprint density at radius 3 is 2.33 bits per heavy atom. The van der Waals surface area contributed by atoms with Crippen LogP contribution < -0.4 is 26.0 Å². The fraction of sp³-hybridized carbons (Fsp3) is 0.320. The third kappa shape index (κ3) is 6.13. The molecule has 2 aromatic carbocycles. The Labute approximate surface area is 246 Å². The van der Waals surface area contributed by atoms with E-state index in [1.165, 1.54) is 57.9 Å². The van der Waals surface area contributed by atoms with E-state index in [-0.39, 0.29) is 51.1 Å². The van der Waals surface area contributed by atoms with E-state index in [0.29, 0.717) is 5.69 Å². The lowest BCUT2D eigenvalue weighted by atomic mass is 10.1. The first-order valence-corrected chi connectivity index (χ1v) is 16.1. The number of anilines is 1. The molecule has 1 aliphatic heterocycles. The highest BCUT2D eigenvalue weighted by atomic mass is 32.2. The topological polar surface area (TPSA) is 190 Å². The lowest BCUT2D eigenvalue weighted by molar-refractivity contribution is -0.752. The minimum atomic E-state index is -4.15. The molecule has 1 aliphatic carbocycles. The van der Waals surface area contributed by atoms with E-state index in [2.05, 4.69) is 15.0 Å². The summed E-state index contributed by atoms with van der Waals surface area (Å²) in [5, 5.41) is 11.8. The quantitative estimate of drug-likeness (QED) is 0.236. The zero-order valence-electron chi connectivity index (χ0n) is 22.5. The zero-order valence-corrected chi connectivity index (χ0v) is 24.9. The van der Waals surface area contributed by atoms with Gasteiger partial charge < -0.3 is 14.7 Å². The summed E-state index contributed by atoms with van der Waals surface area (Å²) in [4.78, 5) is 29.4. The monoisotopic (exact) mass is 633 g/mol. The number of sulfonamides is 2. The second-order valence-electron chi connectivity index (χ2n) is 10.0. The molecule has 2 fully saturated rings. The predicted octanol–water partition coefficient (Wildman–Crippen LogP) is -0.204. The number of nitrogens with zero attached hydrogens (tertiary/aromatic N) is 5. The molecule has 2 aliphatic rings. The molecular formula is C25H27N7O7S3. The fourth-order valence-corrected chi connectivity index (χ4v) is 6.32. The van der Waals surface area contributed by atoms with Crippen LogP contribution >= 0.6 is 12.2 Å². The molecule has 42 heavy (non-hydrogen) atoms. The van der Waals surface area contributed by atoms with Crippen LogP contribution in [0.15, 0.2) is 67.2 Å². The molecule has 222 valence electrons. The van der Waals surface area contributed by atoms with Crippen LogP contribution in [0.4, 0.5) is 5.69 Å². The van der Waals surface area contributed by atoms with Gasteiger partial charge in [-0.05, 0) is 68.4 Å². The van der Waals surface area contributed by atoms with Crippen molar-refractivity contribution in [2.75, 3.05) is 5.32 Å². The smallest absolute Gasteiger partial charge is 0.289 e. The number of rotatable bonds is 9. The Kier molecular flexibility index (Phi) is 7.78. The molecule has 3 N–H and O–H groups in total. The van der Waals surface area contributed by atoms with E-state index in [9.17, 15) is 26.4 Å². The van der Waals surface area contributed by atoms with Gasteiger partial charge in [0.1, 0.15) is 19.6 Å². The van der Waals surface area contributed by atoms with Crippen LogP contribution in [-0.4, -0.2) is 55.6 Å². The number of primary sulfonamides is 1. The summed E-state index contributed by atoms with van der Waals surface area (Å²) in [5.41, 5.74) is 1.13. The van der Waals surface area contributed by atoms with Crippen molar-refractivity contribution < 1.29 is 35.6 Å². The van der Waals surface area contributed by atoms with Crippen molar-refractivity contribution in [1.82, 2.24) is 15.1 Å². The normalized spacial score (nSPS) is 18.2. The molecule has 1 saturated carbocycles. The average Bonchev–Trinajstić information content (AvgIpc) is 3.65. The Morgan fingerprint density at radius 2 is 1.74 bits per heavy atom. The van der Waals surface area contributed by atoms with Gasteiger partial charge in [0.15, 0.2) is 5.11 Å². The standard InChI is InChI=1S/C25H27N7O7S3/c1-15-3-9-19(10-4-15)42(37,38)28-23-21(30(2)29-39-23)14-31-20(24(34)32(25(31)40)17-7-8-17)13-22(33)27-16-5-11-18(12-6-16)41(26,35)36/h3-6,9-12,17,20H,7-8,13-14H2,1-2H3,(H,27,33)(H2,26,35,36)/b28-23-. The number of amides is 2. The molecule has 17 heteroatoms. The third-order valence-electron chi connectivity index (χ3n) is 6.84. The number of carbonyl (C=O) groups excluding carboxylic acids is 2. The van der Waals surface area contributed by atoms with E-state index in [1.807, 2.05) is 6.92 Å². The van der Waals surface area contributed by atoms with Crippen LogP contribution in [0, 0.1) is 6.92 Å². The highest BCUT2D eigenvalue weighted by Gasteiger charge is 2.49. The number of aromatic nitrogens is 2. The van der Waals surface area contributed by atoms with Crippen molar-refractivity contribution in [3.63, 3.8) is 0 Å². The number of nitrogens with two attached hydrogens (primary N) is 1. The first-order chi connectivity index (χ1) is 19.7. The summed E-state index contributed by atoms with van der Waals surface area (Å²) in [5.74, 6) is -0.879. The van der Waals surface area contributed by atoms with Crippen LogP contribution in [0.5, 0.6) is 0 Å². The van der Waals surface area contributed by atoms with Crippen molar-refractivity contribution in [3.05, 3.63) is 65.3 Å². The lowest BCUT2D eigenvalue weighted by Gasteiger charge is -2.22. The maximum absolute atomic E-state index is 13.5. The van der Waals surface area contributed by atoms with E-state index < -0.39 is 32.0 Å². The number of hydrogen-bond acceptors (Lipinski definition) is 8. The molecule has 0 bridgehead atoms. The van der Waals surface area contributed by atoms with Crippen molar-refractivity contribution in [2.24, 2.45) is 16.6 Å². The first kappa shape index (κ1) is 29.6. The molecule has 2 amide bonds. The molecular weight excluding hydrogens is 607 g/mol. The Balaban J connectivity index is 1.41. The summed E-state index contributed by atoms with van der Waals surface area (Å²) in [7, 11) is -6.52. The fourth-order valence-electron chi connectivity index (χ4n) is 4.43. The summed E-state index contributed by atoms with van der Waals surface area (Å²) >= 11 is 5.64. The van der Waals surface area contributed by atoms with Crippen LogP contribution in [0.3, 0.4) is 0 Å². The van der Waals surface area contributed by atoms with E-state index in [4.69, 9.17) is 21.9 Å². The van der Waals surface area contributed by atoms with Gasteiger partial charge >= 0.3 is 0 Å². The van der Waals surface area contributed by atoms with E-state index in [1.54, 1.807) is 12.1 Å². The van der Waals surface area contributed by atoms with Gasteiger partial charge in [0, 0.05) is 11.7 Å².